The summed E-state index contributed by atoms with van der Waals surface area (Å²) in [6.45, 7) is 8.58. The van der Waals surface area contributed by atoms with E-state index in [-0.39, 0.29) is 27.6 Å². The maximum absolute atomic E-state index is 12.9. The van der Waals surface area contributed by atoms with Crippen molar-refractivity contribution in [2.75, 3.05) is 33.0 Å². The molecule has 1 amide bonds. The Kier molecular flexibility index (Phi) is 5.04. The zero-order chi connectivity index (χ0) is 19.2. The van der Waals surface area contributed by atoms with E-state index < -0.39 is 0 Å². The summed E-state index contributed by atoms with van der Waals surface area (Å²) in [5.74, 6) is 1.95. The van der Waals surface area contributed by atoms with E-state index in [1.807, 2.05) is 23.1 Å². The monoisotopic (exact) mass is 410 g/mol. The van der Waals surface area contributed by atoms with Crippen molar-refractivity contribution in [3.63, 3.8) is 0 Å². The highest BCUT2D eigenvalue weighted by atomic mass is 35.5. The fraction of sp³-hybridized carbons (Fsp3) is 0.550. The number of halogens is 2. The first-order valence-electron chi connectivity index (χ1n) is 9.29. The molecule has 1 aromatic rings. The Labute approximate surface area is 169 Å². The molecule has 4 rings (SSSR count). The highest BCUT2D eigenvalue weighted by molar-refractivity contribution is 6.55. The number of piperazine rings is 1. The van der Waals surface area contributed by atoms with Crippen molar-refractivity contribution < 1.29 is 14.3 Å². The molecule has 3 aliphatic rings. The van der Waals surface area contributed by atoms with Crippen LogP contribution in [0.5, 0.6) is 11.5 Å². The van der Waals surface area contributed by atoms with E-state index in [0.717, 1.165) is 44.2 Å². The molecule has 5 nitrogen and oxygen atoms in total. The Morgan fingerprint density at radius 3 is 2.59 bits per heavy atom. The van der Waals surface area contributed by atoms with Crippen LogP contribution in [0.2, 0.25) is 0 Å². The number of carbonyl (C=O) groups is 1. The van der Waals surface area contributed by atoms with E-state index in [0.29, 0.717) is 6.79 Å². The van der Waals surface area contributed by atoms with Crippen molar-refractivity contribution in [1.29, 1.82) is 0 Å². The summed E-state index contributed by atoms with van der Waals surface area (Å²) in [5.41, 5.74) is 1.12. The molecule has 0 aromatic heterocycles. The van der Waals surface area contributed by atoms with Crippen molar-refractivity contribution in [2.45, 2.75) is 20.4 Å². The van der Waals surface area contributed by atoms with E-state index in [2.05, 4.69) is 24.8 Å². The Hall–Kier alpha value is -1.43. The molecule has 146 valence electrons. The normalized spacial score (nSPS) is 26.0. The average Bonchev–Trinajstić information content (AvgIpc) is 2.96. The first kappa shape index (κ1) is 18.9. The van der Waals surface area contributed by atoms with Crippen LogP contribution in [0.3, 0.4) is 0 Å². The number of rotatable bonds is 4. The average molecular weight is 411 g/mol. The van der Waals surface area contributed by atoms with Gasteiger partial charge in [0.05, 0.1) is 5.92 Å². The third-order valence-corrected chi connectivity index (χ3v) is 6.26. The molecule has 2 atom stereocenters. The van der Waals surface area contributed by atoms with Crippen LogP contribution in [0.1, 0.15) is 19.4 Å². The number of allylic oxidation sites excluding steroid dienone is 1. The number of carbonyl (C=O) groups excluding carboxylic acids is 1. The van der Waals surface area contributed by atoms with Gasteiger partial charge in [-0.25, -0.2) is 0 Å². The fourth-order valence-corrected chi connectivity index (χ4v) is 4.49. The van der Waals surface area contributed by atoms with Crippen molar-refractivity contribution in [2.24, 2.45) is 17.3 Å². The Balaban J connectivity index is 1.31. The molecular formula is C20H24Cl2N2O3. The molecule has 0 spiro atoms. The Morgan fingerprint density at radius 1 is 1.19 bits per heavy atom. The molecule has 27 heavy (non-hydrogen) atoms. The van der Waals surface area contributed by atoms with Gasteiger partial charge in [-0.05, 0) is 35.1 Å². The summed E-state index contributed by atoms with van der Waals surface area (Å²) >= 11 is 11.6. The molecular weight excluding hydrogens is 387 g/mol. The van der Waals surface area contributed by atoms with Gasteiger partial charge in [0.15, 0.2) is 11.5 Å². The van der Waals surface area contributed by atoms with Crippen LogP contribution >= 0.6 is 23.2 Å². The van der Waals surface area contributed by atoms with Crippen LogP contribution in [0.25, 0.3) is 0 Å². The number of amides is 1. The lowest BCUT2D eigenvalue weighted by Crippen LogP contribution is -2.49. The van der Waals surface area contributed by atoms with Crippen molar-refractivity contribution in [1.82, 2.24) is 9.80 Å². The van der Waals surface area contributed by atoms with Crippen LogP contribution in [-0.2, 0) is 11.3 Å². The van der Waals surface area contributed by atoms with Gasteiger partial charge in [-0.1, -0.05) is 43.1 Å². The lowest BCUT2D eigenvalue weighted by Gasteiger charge is -2.35. The summed E-state index contributed by atoms with van der Waals surface area (Å²) < 4.78 is 11.1. The van der Waals surface area contributed by atoms with Crippen LogP contribution < -0.4 is 9.47 Å². The van der Waals surface area contributed by atoms with E-state index in [1.165, 1.54) is 5.56 Å². The number of fused-ring (bicyclic) bond motifs is 1. The molecule has 0 unspecified atom stereocenters. The first-order valence-corrected chi connectivity index (χ1v) is 10.0. The van der Waals surface area contributed by atoms with Gasteiger partial charge in [-0.2, -0.15) is 0 Å². The predicted molar refractivity (Wildman–Crippen MR) is 105 cm³/mol. The SMILES string of the molecule is CC1(C)[C@H](C=C(Cl)Cl)[C@H]1C(=O)N1CCN(Cc2ccc3c(c2)OCO3)CC1. The summed E-state index contributed by atoms with van der Waals surface area (Å²) in [6, 6.07) is 6.08. The Morgan fingerprint density at radius 2 is 1.89 bits per heavy atom. The molecule has 1 aromatic carbocycles. The molecule has 1 aliphatic carbocycles. The van der Waals surface area contributed by atoms with E-state index in [4.69, 9.17) is 32.7 Å². The minimum Gasteiger partial charge on any atom is -0.454 e. The quantitative estimate of drug-likeness (QED) is 0.759. The highest BCUT2D eigenvalue weighted by Crippen LogP contribution is 2.60. The number of ether oxygens (including phenoxy) is 2. The first-order chi connectivity index (χ1) is 12.9. The third kappa shape index (κ3) is 3.78. The van der Waals surface area contributed by atoms with Gasteiger partial charge in [0.2, 0.25) is 12.7 Å². The zero-order valence-electron chi connectivity index (χ0n) is 15.6. The maximum atomic E-state index is 12.9. The minimum atomic E-state index is -0.0737. The second-order valence-corrected chi connectivity index (χ2v) is 9.08. The topological polar surface area (TPSA) is 42.0 Å². The van der Waals surface area contributed by atoms with Gasteiger partial charge in [-0.15, -0.1) is 0 Å². The number of hydrogen-bond donors (Lipinski definition) is 0. The van der Waals surface area contributed by atoms with Gasteiger partial charge in [-0.3, -0.25) is 9.69 Å². The van der Waals surface area contributed by atoms with Crippen LogP contribution in [0.4, 0.5) is 0 Å². The second-order valence-electron chi connectivity index (χ2n) is 8.07. The zero-order valence-corrected chi connectivity index (χ0v) is 17.1. The van der Waals surface area contributed by atoms with Crippen LogP contribution in [-0.4, -0.2) is 48.7 Å². The molecule has 2 aliphatic heterocycles. The van der Waals surface area contributed by atoms with Crippen molar-refractivity contribution in [3.8, 4) is 11.5 Å². The summed E-state index contributed by atoms with van der Waals surface area (Å²) in [7, 11) is 0. The number of nitrogens with zero attached hydrogens (tertiary/aromatic N) is 2. The molecule has 0 bridgehead atoms. The molecule has 2 fully saturated rings. The second kappa shape index (κ2) is 7.19. The third-order valence-electron chi connectivity index (χ3n) is 6.01. The number of benzene rings is 1. The minimum absolute atomic E-state index is 0.0228. The van der Waals surface area contributed by atoms with E-state index >= 15 is 0 Å². The van der Waals surface area contributed by atoms with Gasteiger partial charge >= 0.3 is 0 Å². The number of hydrogen-bond acceptors (Lipinski definition) is 4. The molecule has 2 heterocycles. The van der Waals surface area contributed by atoms with Gasteiger partial charge < -0.3 is 14.4 Å². The van der Waals surface area contributed by atoms with Gasteiger partial charge in [0.1, 0.15) is 4.49 Å². The Bertz CT molecular complexity index is 768. The smallest absolute Gasteiger partial charge is 0.231 e. The predicted octanol–water partition coefficient (Wildman–Crippen LogP) is 3.65. The lowest BCUT2D eigenvalue weighted by atomic mass is 10.1. The summed E-state index contributed by atoms with van der Waals surface area (Å²) in [6.07, 6.45) is 1.81. The van der Waals surface area contributed by atoms with E-state index in [1.54, 1.807) is 0 Å². The van der Waals surface area contributed by atoms with Gasteiger partial charge in [0.25, 0.3) is 0 Å². The van der Waals surface area contributed by atoms with Crippen LogP contribution in [0.15, 0.2) is 28.8 Å². The molecule has 0 N–H and O–H groups in total. The molecule has 0 radical (unpaired) electrons. The molecule has 1 saturated heterocycles. The van der Waals surface area contributed by atoms with Crippen LogP contribution in [0, 0.1) is 17.3 Å². The summed E-state index contributed by atoms with van der Waals surface area (Å²) in [4.78, 5) is 17.3. The fourth-order valence-electron chi connectivity index (χ4n) is 4.22. The maximum Gasteiger partial charge on any atom is 0.231 e. The van der Waals surface area contributed by atoms with Crippen molar-refractivity contribution in [3.05, 3.63) is 34.3 Å². The summed E-state index contributed by atoms with van der Waals surface area (Å²) in [5, 5.41) is 0. The largest absolute Gasteiger partial charge is 0.454 e. The molecule has 1 saturated carbocycles. The highest BCUT2D eigenvalue weighted by Gasteiger charge is 2.61. The molecule has 7 heteroatoms. The standard InChI is InChI=1S/C20H24Cl2N2O3/c1-20(2)14(10-17(21)22)18(20)19(25)24-7-5-23(6-8-24)11-13-3-4-15-16(9-13)27-12-26-15/h3-4,9-10,14,18H,5-8,11-12H2,1-2H3/t14-,18+/m1/s1. The lowest BCUT2D eigenvalue weighted by molar-refractivity contribution is -0.135. The van der Waals surface area contributed by atoms with Gasteiger partial charge in [0, 0.05) is 32.7 Å². The van der Waals surface area contributed by atoms with E-state index in [9.17, 15) is 4.79 Å². The van der Waals surface area contributed by atoms with Crippen molar-refractivity contribution >= 4 is 29.1 Å².